The predicted octanol–water partition coefficient (Wildman–Crippen LogP) is 2.72. The standard InChI is InChI=1S/C20H22N4O2S/c1-12-17(20(26)23-13(2)22-12)10-19(25)21-9-8-15-4-6-16(7-5-15)18-11-27-14(3)24-18/h4-7,11H,8-10H2,1-3H3,(H,21,25)(H,22,23,26). The largest absolute Gasteiger partial charge is 0.355 e. The number of carbonyl (C=O) groups is 1. The Morgan fingerprint density at radius 2 is 1.89 bits per heavy atom. The monoisotopic (exact) mass is 382 g/mol. The van der Waals surface area contributed by atoms with Crippen molar-refractivity contribution in [2.45, 2.75) is 33.6 Å². The molecule has 0 saturated heterocycles. The van der Waals surface area contributed by atoms with Crippen LogP contribution in [0.15, 0.2) is 34.4 Å². The summed E-state index contributed by atoms with van der Waals surface area (Å²) >= 11 is 1.64. The Morgan fingerprint density at radius 3 is 2.52 bits per heavy atom. The highest BCUT2D eigenvalue weighted by Gasteiger charge is 2.11. The van der Waals surface area contributed by atoms with Gasteiger partial charge in [0.25, 0.3) is 5.56 Å². The molecule has 27 heavy (non-hydrogen) atoms. The van der Waals surface area contributed by atoms with Crippen molar-refractivity contribution in [1.29, 1.82) is 0 Å². The summed E-state index contributed by atoms with van der Waals surface area (Å²) < 4.78 is 0. The fourth-order valence-corrected chi connectivity index (χ4v) is 3.49. The number of nitrogens with one attached hydrogen (secondary N) is 2. The fraction of sp³-hybridized carbons (Fsp3) is 0.300. The molecule has 1 amide bonds. The first kappa shape index (κ1) is 19.0. The summed E-state index contributed by atoms with van der Waals surface area (Å²) in [6, 6.07) is 8.20. The number of benzene rings is 1. The number of carbonyl (C=O) groups excluding carboxylic acids is 1. The van der Waals surface area contributed by atoms with Gasteiger partial charge in [-0.15, -0.1) is 11.3 Å². The molecule has 2 N–H and O–H groups in total. The fourth-order valence-electron chi connectivity index (χ4n) is 2.87. The van der Waals surface area contributed by atoms with Crippen molar-refractivity contribution >= 4 is 17.2 Å². The van der Waals surface area contributed by atoms with Crippen molar-refractivity contribution in [3.63, 3.8) is 0 Å². The van der Waals surface area contributed by atoms with Crippen LogP contribution in [0.5, 0.6) is 0 Å². The van der Waals surface area contributed by atoms with Crippen LogP contribution in [0, 0.1) is 20.8 Å². The molecule has 0 aliphatic carbocycles. The van der Waals surface area contributed by atoms with E-state index in [4.69, 9.17) is 0 Å². The Bertz CT molecular complexity index is 1010. The number of aromatic nitrogens is 3. The second-order valence-electron chi connectivity index (χ2n) is 6.44. The average Bonchev–Trinajstić information content (AvgIpc) is 3.05. The van der Waals surface area contributed by atoms with Crippen molar-refractivity contribution < 1.29 is 4.79 Å². The zero-order valence-electron chi connectivity index (χ0n) is 15.6. The molecule has 3 aromatic rings. The Balaban J connectivity index is 1.52. The molecule has 0 fully saturated rings. The van der Waals surface area contributed by atoms with Crippen LogP contribution in [-0.2, 0) is 17.6 Å². The van der Waals surface area contributed by atoms with E-state index in [1.54, 1.807) is 25.2 Å². The number of nitrogens with zero attached hydrogens (tertiary/aromatic N) is 2. The minimum Gasteiger partial charge on any atom is -0.355 e. The third-order valence-electron chi connectivity index (χ3n) is 4.28. The minimum absolute atomic E-state index is 0.0383. The maximum absolute atomic E-state index is 12.1. The summed E-state index contributed by atoms with van der Waals surface area (Å²) in [6.07, 6.45) is 0.764. The van der Waals surface area contributed by atoms with Crippen LogP contribution in [0.2, 0.25) is 0 Å². The molecular weight excluding hydrogens is 360 g/mol. The van der Waals surface area contributed by atoms with E-state index >= 15 is 0 Å². The minimum atomic E-state index is -0.247. The third-order valence-corrected chi connectivity index (χ3v) is 5.06. The first-order chi connectivity index (χ1) is 12.9. The molecule has 6 nitrogen and oxygen atoms in total. The first-order valence-electron chi connectivity index (χ1n) is 8.77. The smallest absolute Gasteiger partial charge is 0.254 e. The van der Waals surface area contributed by atoms with E-state index < -0.39 is 0 Å². The van der Waals surface area contributed by atoms with Crippen molar-refractivity contribution in [1.82, 2.24) is 20.3 Å². The van der Waals surface area contributed by atoms with E-state index in [0.29, 0.717) is 23.6 Å². The normalized spacial score (nSPS) is 10.8. The lowest BCUT2D eigenvalue weighted by atomic mass is 10.1. The highest BCUT2D eigenvalue weighted by atomic mass is 32.1. The maximum Gasteiger partial charge on any atom is 0.254 e. The van der Waals surface area contributed by atoms with E-state index in [-0.39, 0.29) is 17.9 Å². The van der Waals surface area contributed by atoms with E-state index in [9.17, 15) is 9.59 Å². The number of hydrogen-bond donors (Lipinski definition) is 2. The lowest BCUT2D eigenvalue weighted by Gasteiger charge is -2.07. The number of aryl methyl sites for hydroxylation is 3. The topological polar surface area (TPSA) is 87.7 Å². The summed E-state index contributed by atoms with van der Waals surface area (Å²) in [5.41, 5.74) is 3.98. The quantitative estimate of drug-likeness (QED) is 0.686. The molecule has 2 aromatic heterocycles. The van der Waals surface area contributed by atoms with Crippen LogP contribution in [0.1, 0.15) is 27.7 Å². The van der Waals surface area contributed by atoms with Gasteiger partial charge < -0.3 is 10.3 Å². The van der Waals surface area contributed by atoms with Gasteiger partial charge in [0.1, 0.15) is 5.82 Å². The highest BCUT2D eigenvalue weighted by molar-refractivity contribution is 7.09. The molecule has 0 aliphatic heterocycles. The molecule has 0 unspecified atom stereocenters. The van der Waals surface area contributed by atoms with Crippen molar-refractivity contribution in [3.8, 4) is 11.3 Å². The zero-order chi connectivity index (χ0) is 19.4. The number of amides is 1. The van der Waals surface area contributed by atoms with Crippen LogP contribution < -0.4 is 10.9 Å². The Kier molecular flexibility index (Phi) is 5.81. The maximum atomic E-state index is 12.1. The number of aromatic amines is 1. The molecule has 2 heterocycles. The van der Waals surface area contributed by atoms with Gasteiger partial charge in [-0.05, 0) is 32.8 Å². The Hall–Kier alpha value is -2.80. The lowest BCUT2D eigenvalue weighted by molar-refractivity contribution is -0.120. The van der Waals surface area contributed by atoms with Gasteiger partial charge in [-0.1, -0.05) is 24.3 Å². The van der Waals surface area contributed by atoms with Gasteiger partial charge in [0.15, 0.2) is 0 Å². The Labute approximate surface area is 161 Å². The molecule has 3 rings (SSSR count). The van der Waals surface area contributed by atoms with E-state index in [2.05, 4.69) is 32.4 Å². The molecular formula is C20H22N4O2S. The van der Waals surface area contributed by atoms with Gasteiger partial charge in [0, 0.05) is 28.7 Å². The second kappa shape index (κ2) is 8.26. The molecule has 0 atom stereocenters. The summed E-state index contributed by atoms with van der Waals surface area (Å²) in [5, 5.41) is 5.97. The number of H-pyrrole nitrogens is 1. The lowest BCUT2D eigenvalue weighted by Crippen LogP contribution is -2.30. The number of thiazole rings is 1. The summed E-state index contributed by atoms with van der Waals surface area (Å²) in [7, 11) is 0. The summed E-state index contributed by atoms with van der Waals surface area (Å²) in [5.74, 6) is 0.377. The Morgan fingerprint density at radius 1 is 1.15 bits per heavy atom. The SMILES string of the molecule is Cc1nc(C)c(CC(=O)NCCc2ccc(-c3csc(C)n3)cc2)c(=O)[nH]1. The highest BCUT2D eigenvalue weighted by Crippen LogP contribution is 2.21. The van der Waals surface area contributed by atoms with Gasteiger partial charge in [0.05, 0.1) is 17.1 Å². The van der Waals surface area contributed by atoms with Gasteiger partial charge in [-0.25, -0.2) is 9.97 Å². The van der Waals surface area contributed by atoms with Crippen molar-refractivity contribution in [2.24, 2.45) is 0 Å². The van der Waals surface area contributed by atoms with Gasteiger partial charge in [0.2, 0.25) is 5.91 Å². The van der Waals surface area contributed by atoms with Crippen LogP contribution in [-0.4, -0.2) is 27.4 Å². The first-order valence-corrected chi connectivity index (χ1v) is 9.65. The van der Waals surface area contributed by atoms with Crippen LogP contribution in [0.25, 0.3) is 11.3 Å². The van der Waals surface area contributed by atoms with E-state index in [1.165, 1.54) is 0 Å². The summed E-state index contributed by atoms with van der Waals surface area (Å²) in [6.45, 7) is 5.98. The molecule has 140 valence electrons. The second-order valence-corrected chi connectivity index (χ2v) is 7.50. The molecule has 1 aromatic carbocycles. The average molecular weight is 382 g/mol. The predicted molar refractivity (Wildman–Crippen MR) is 107 cm³/mol. The van der Waals surface area contributed by atoms with Crippen LogP contribution in [0.4, 0.5) is 0 Å². The van der Waals surface area contributed by atoms with E-state index in [0.717, 1.165) is 28.2 Å². The molecule has 0 saturated carbocycles. The summed E-state index contributed by atoms with van der Waals surface area (Å²) in [4.78, 5) is 35.4. The number of rotatable bonds is 6. The molecule has 0 radical (unpaired) electrons. The zero-order valence-corrected chi connectivity index (χ0v) is 16.4. The van der Waals surface area contributed by atoms with Crippen LogP contribution in [0.3, 0.4) is 0 Å². The van der Waals surface area contributed by atoms with Gasteiger partial charge in [-0.3, -0.25) is 9.59 Å². The van der Waals surface area contributed by atoms with Crippen molar-refractivity contribution in [2.75, 3.05) is 6.54 Å². The third kappa shape index (κ3) is 4.89. The van der Waals surface area contributed by atoms with Gasteiger partial charge in [-0.2, -0.15) is 0 Å². The molecule has 0 spiro atoms. The van der Waals surface area contributed by atoms with Crippen LogP contribution >= 0.6 is 11.3 Å². The number of hydrogen-bond acceptors (Lipinski definition) is 5. The molecule has 0 bridgehead atoms. The van der Waals surface area contributed by atoms with E-state index in [1.807, 2.05) is 24.4 Å². The van der Waals surface area contributed by atoms with Gasteiger partial charge >= 0.3 is 0 Å². The molecule has 0 aliphatic rings. The molecule has 7 heteroatoms. The van der Waals surface area contributed by atoms with Crippen molar-refractivity contribution in [3.05, 3.63) is 67.7 Å².